The molecule has 1 aromatic carbocycles. The molecule has 6 heteroatoms. The molecule has 1 unspecified atom stereocenters. The molecule has 2 aromatic rings. The summed E-state index contributed by atoms with van der Waals surface area (Å²) in [5, 5.41) is 9.40. The number of hydrogen-bond donors (Lipinski definition) is 1. The number of carbonyl (C=O) groups is 2. The standard InChI is InChI=1S/C17H18N2O4/c1-17(2)7-14(20)11-5-4-10(23-3)6-12(11)15(17)19-9-18-8-13(19)16(21)22/h4-6,8-9,15H,7H2,1-3H3,(H,21,22). The van der Waals surface area contributed by atoms with Crippen LogP contribution in [0, 0.1) is 5.41 Å². The Hall–Kier alpha value is -2.63. The maximum atomic E-state index is 12.5. The second-order valence-corrected chi connectivity index (χ2v) is 6.44. The summed E-state index contributed by atoms with van der Waals surface area (Å²) < 4.78 is 6.91. The first kappa shape index (κ1) is 15.3. The van der Waals surface area contributed by atoms with Crippen LogP contribution in [0.4, 0.5) is 0 Å². The quantitative estimate of drug-likeness (QED) is 0.942. The SMILES string of the molecule is COc1ccc2c(c1)C(n1cncc1C(=O)O)C(C)(C)CC2=O. The zero-order chi connectivity index (χ0) is 16.8. The average Bonchev–Trinajstić information content (AvgIpc) is 2.94. The minimum Gasteiger partial charge on any atom is -0.497 e. The molecule has 120 valence electrons. The number of aromatic carboxylic acids is 1. The number of fused-ring (bicyclic) bond motifs is 1. The number of ketones is 1. The van der Waals surface area contributed by atoms with Crippen molar-refractivity contribution < 1.29 is 19.4 Å². The third-order valence-electron chi connectivity index (χ3n) is 4.37. The van der Waals surface area contributed by atoms with Gasteiger partial charge in [0, 0.05) is 12.0 Å². The van der Waals surface area contributed by atoms with E-state index in [1.165, 1.54) is 12.5 Å². The van der Waals surface area contributed by atoms with Crippen molar-refractivity contribution in [2.75, 3.05) is 7.11 Å². The number of methoxy groups -OCH3 is 1. The van der Waals surface area contributed by atoms with E-state index in [0.717, 1.165) is 5.56 Å². The van der Waals surface area contributed by atoms with Crippen LogP contribution >= 0.6 is 0 Å². The van der Waals surface area contributed by atoms with Crippen LogP contribution in [0.2, 0.25) is 0 Å². The summed E-state index contributed by atoms with van der Waals surface area (Å²) in [4.78, 5) is 27.9. The number of rotatable bonds is 3. The summed E-state index contributed by atoms with van der Waals surface area (Å²) in [5.74, 6) is -0.350. The number of carbonyl (C=O) groups excluding carboxylic acids is 1. The predicted octanol–water partition coefficient (Wildman–Crippen LogP) is 2.79. The first-order valence-electron chi connectivity index (χ1n) is 7.31. The molecule has 1 aliphatic rings. The lowest BCUT2D eigenvalue weighted by Gasteiger charge is -2.40. The van der Waals surface area contributed by atoms with Crippen molar-refractivity contribution in [2.45, 2.75) is 26.3 Å². The van der Waals surface area contributed by atoms with Crippen LogP contribution < -0.4 is 4.74 Å². The van der Waals surface area contributed by atoms with E-state index in [9.17, 15) is 14.7 Å². The lowest BCUT2D eigenvalue weighted by Crippen LogP contribution is -2.37. The summed E-state index contributed by atoms with van der Waals surface area (Å²) in [6.45, 7) is 3.92. The second kappa shape index (κ2) is 5.22. The van der Waals surface area contributed by atoms with Gasteiger partial charge in [0.15, 0.2) is 5.78 Å². The molecule has 0 saturated heterocycles. The molecule has 0 radical (unpaired) electrons. The van der Waals surface area contributed by atoms with Gasteiger partial charge in [0.2, 0.25) is 0 Å². The molecular formula is C17H18N2O4. The van der Waals surface area contributed by atoms with Crippen molar-refractivity contribution in [2.24, 2.45) is 5.41 Å². The molecule has 1 heterocycles. The third kappa shape index (κ3) is 2.40. The zero-order valence-electron chi connectivity index (χ0n) is 13.2. The number of benzene rings is 1. The van der Waals surface area contributed by atoms with Gasteiger partial charge in [0.1, 0.15) is 11.4 Å². The van der Waals surface area contributed by atoms with E-state index in [-0.39, 0.29) is 17.5 Å². The number of hydrogen-bond acceptors (Lipinski definition) is 4. The topological polar surface area (TPSA) is 81.4 Å². The number of Topliss-reactive ketones (excluding diaryl/α,β-unsaturated/α-hetero) is 1. The molecule has 6 nitrogen and oxygen atoms in total. The van der Waals surface area contributed by atoms with Crippen LogP contribution in [0.5, 0.6) is 5.75 Å². The van der Waals surface area contributed by atoms with Gasteiger partial charge in [-0.2, -0.15) is 0 Å². The lowest BCUT2D eigenvalue weighted by molar-refractivity contribution is 0.0676. The highest BCUT2D eigenvalue weighted by molar-refractivity contribution is 5.99. The fourth-order valence-electron chi connectivity index (χ4n) is 3.38. The lowest BCUT2D eigenvalue weighted by atomic mass is 9.69. The Bertz CT molecular complexity index is 792. The summed E-state index contributed by atoms with van der Waals surface area (Å²) in [6.07, 6.45) is 3.18. The first-order chi connectivity index (χ1) is 10.8. The van der Waals surface area contributed by atoms with Crippen LogP contribution in [0.15, 0.2) is 30.7 Å². The molecule has 1 aliphatic carbocycles. The Morgan fingerprint density at radius 1 is 1.43 bits per heavy atom. The van der Waals surface area contributed by atoms with E-state index < -0.39 is 11.4 Å². The molecule has 0 spiro atoms. The van der Waals surface area contributed by atoms with E-state index in [0.29, 0.717) is 17.7 Å². The Morgan fingerprint density at radius 2 is 2.17 bits per heavy atom. The fraction of sp³-hybridized carbons (Fsp3) is 0.353. The first-order valence-corrected chi connectivity index (χ1v) is 7.31. The highest BCUT2D eigenvalue weighted by Crippen LogP contribution is 2.47. The second-order valence-electron chi connectivity index (χ2n) is 6.44. The molecule has 1 aromatic heterocycles. The molecule has 0 aliphatic heterocycles. The van der Waals surface area contributed by atoms with E-state index in [2.05, 4.69) is 4.98 Å². The molecule has 1 atom stereocenters. The minimum atomic E-state index is -1.04. The summed E-state index contributed by atoms with van der Waals surface area (Å²) >= 11 is 0. The van der Waals surface area contributed by atoms with Crippen LogP contribution in [-0.4, -0.2) is 33.5 Å². The molecule has 0 bridgehead atoms. The number of ether oxygens (including phenoxy) is 1. The van der Waals surface area contributed by atoms with Gasteiger partial charge in [0.25, 0.3) is 0 Å². The molecule has 1 N–H and O–H groups in total. The summed E-state index contributed by atoms with van der Waals surface area (Å²) in [5.41, 5.74) is 1.04. The maximum Gasteiger partial charge on any atom is 0.354 e. The van der Waals surface area contributed by atoms with Gasteiger partial charge in [-0.3, -0.25) is 4.79 Å². The van der Waals surface area contributed by atoms with Gasteiger partial charge >= 0.3 is 5.97 Å². The van der Waals surface area contributed by atoms with Crippen LogP contribution in [0.25, 0.3) is 0 Å². The highest BCUT2D eigenvalue weighted by Gasteiger charge is 2.42. The molecular weight excluding hydrogens is 296 g/mol. The molecule has 0 saturated carbocycles. The third-order valence-corrected chi connectivity index (χ3v) is 4.37. The smallest absolute Gasteiger partial charge is 0.354 e. The van der Waals surface area contributed by atoms with Crippen molar-refractivity contribution in [3.63, 3.8) is 0 Å². The van der Waals surface area contributed by atoms with Gasteiger partial charge < -0.3 is 14.4 Å². The largest absolute Gasteiger partial charge is 0.497 e. The van der Waals surface area contributed by atoms with E-state index in [4.69, 9.17) is 4.74 Å². The van der Waals surface area contributed by atoms with Crippen molar-refractivity contribution in [3.05, 3.63) is 47.5 Å². The highest BCUT2D eigenvalue weighted by atomic mass is 16.5. The van der Waals surface area contributed by atoms with E-state index in [1.54, 1.807) is 23.8 Å². The van der Waals surface area contributed by atoms with Crippen LogP contribution in [-0.2, 0) is 0 Å². The summed E-state index contributed by atoms with van der Waals surface area (Å²) in [6, 6.07) is 5.00. The van der Waals surface area contributed by atoms with Gasteiger partial charge in [-0.25, -0.2) is 9.78 Å². The van der Waals surface area contributed by atoms with Crippen LogP contribution in [0.3, 0.4) is 0 Å². The van der Waals surface area contributed by atoms with E-state index in [1.807, 2.05) is 19.9 Å². The Kier molecular flexibility index (Phi) is 3.47. The predicted molar refractivity (Wildman–Crippen MR) is 83.0 cm³/mol. The number of carboxylic acid groups (broad SMARTS) is 1. The summed E-state index contributed by atoms with van der Waals surface area (Å²) in [7, 11) is 1.56. The van der Waals surface area contributed by atoms with E-state index >= 15 is 0 Å². The van der Waals surface area contributed by atoms with Gasteiger partial charge in [-0.1, -0.05) is 13.8 Å². The van der Waals surface area contributed by atoms with Gasteiger partial charge in [-0.05, 0) is 29.2 Å². The Labute approximate surface area is 133 Å². The number of aromatic nitrogens is 2. The van der Waals surface area contributed by atoms with Crippen molar-refractivity contribution in [1.82, 2.24) is 9.55 Å². The zero-order valence-corrected chi connectivity index (χ0v) is 13.2. The molecule has 0 amide bonds. The fourth-order valence-corrected chi connectivity index (χ4v) is 3.38. The molecule has 3 rings (SSSR count). The van der Waals surface area contributed by atoms with Crippen molar-refractivity contribution in [3.8, 4) is 5.75 Å². The minimum absolute atomic E-state index is 0.0564. The normalized spacial score (nSPS) is 19.3. The number of imidazole rings is 1. The van der Waals surface area contributed by atoms with Gasteiger partial charge in [0.05, 0.1) is 25.7 Å². The Morgan fingerprint density at radius 3 is 2.83 bits per heavy atom. The van der Waals surface area contributed by atoms with Gasteiger partial charge in [-0.15, -0.1) is 0 Å². The number of nitrogens with zero attached hydrogens (tertiary/aromatic N) is 2. The molecule has 23 heavy (non-hydrogen) atoms. The van der Waals surface area contributed by atoms with Crippen molar-refractivity contribution >= 4 is 11.8 Å². The Balaban J connectivity index is 2.26. The molecule has 0 fully saturated rings. The monoisotopic (exact) mass is 314 g/mol. The van der Waals surface area contributed by atoms with Crippen LogP contribution in [0.1, 0.15) is 52.7 Å². The number of carboxylic acids is 1. The van der Waals surface area contributed by atoms with Crippen molar-refractivity contribution in [1.29, 1.82) is 0 Å². The maximum absolute atomic E-state index is 12.5. The average molecular weight is 314 g/mol.